The summed E-state index contributed by atoms with van der Waals surface area (Å²) >= 11 is 0. The standard InChI is InChI=1S/C18H25NO/c1-4-10-18-11-5-12-19(2)17(18)9-7-14-6-8-15(20-3)13-16(14)18/h6,8-9,13H,4-5,7,10-12H2,1-3H3/t18-/m1/s1. The molecule has 2 aliphatic rings. The molecule has 0 unspecified atom stereocenters. The van der Waals surface area contributed by atoms with E-state index in [1.165, 1.54) is 43.4 Å². The Bertz CT molecular complexity index is 530. The number of nitrogens with zero attached hydrogens (tertiary/aromatic N) is 1. The molecule has 1 aromatic carbocycles. The molecule has 20 heavy (non-hydrogen) atoms. The van der Waals surface area contributed by atoms with Crippen LogP contribution in [0.2, 0.25) is 0 Å². The molecule has 0 spiro atoms. The SMILES string of the molecule is CCC[C@]12CCCN(C)C1=CCc1ccc(OC)cc12. The minimum atomic E-state index is 0.226. The van der Waals surface area contributed by atoms with E-state index in [2.05, 4.69) is 43.1 Å². The fourth-order valence-corrected chi connectivity index (χ4v) is 4.18. The Balaban J connectivity index is 2.15. The number of hydrogen-bond donors (Lipinski definition) is 0. The maximum atomic E-state index is 5.48. The van der Waals surface area contributed by atoms with Crippen LogP contribution in [-0.2, 0) is 11.8 Å². The van der Waals surface area contributed by atoms with Gasteiger partial charge in [-0.1, -0.05) is 25.5 Å². The van der Waals surface area contributed by atoms with Crippen LogP contribution in [0.15, 0.2) is 30.0 Å². The van der Waals surface area contributed by atoms with Crippen molar-refractivity contribution in [1.29, 1.82) is 0 Å². The van der Waals surface area contributed by atoms with Gasteiger partial charge in [-0.2, -0.15) is 0 Å². The third-order valence-electron chi connectivity index (χ3n) is 5.02. The second-order valence-corrected chi connectivity index (χ2v) is 6.17. The molecular weight excluding hydrogens is 246 g/mol. The van der Waals surface area contributed by atoms with Gasteiger partial charge in [0.05, 0.1) is 7.11 Å². The van der Waals surface area contributed by atoms with E-state index in [4.69, 9.17) is 4.74 Å². The Labute approximate surface area is 122 Å². The molecule has 0 amide bonds. The van der Waals surface area contributed by atoms with Crippen molar-refractivity contribution >= 4 is 0 Å². The Hall–Kier alpha value is -1.44. The van der Waals surface area contributed by atoms with Gasteiger partial charge in [-0.3, -0.25) is 0 Å². The molecule has 2 nitrogen and oxygen atoms in total. The van der Waals surface area contributed by atoms with Gasteiger partial charge in [-0.05, 0) is 48.9 Å². The van der Waals surface area contributed by atoms with Crippen molar-refractivity contribution in [2.75, 3.05) is 20.7 Å². The van der Waals surface area contributed by atoms with Gasteiger partial charge < -0.3 is 9.64 Å². The van der Waals surface area contributed by atoms with E-state index in [9.17, 15) is 0 Å². The topological polar surface area (TPSA) is 12.5 Å². The van der Waals surface area contributed by atoms with Crippen molar-refractivity contribution in [3.05, 3.63) is 41.1 Å². The molecule has 1 aliphatic heterocycles. The molecule has 0 radical (unpaired) electrons. The third kappa shape index (κ3) is 1.93. The summed E-state index contributed by atoms with van der Waals surface area (Å²) in [5.41, 5.74) is 4.77. The maximum Gasteiger partial charge on any atom is 0.119 e. The lowest BCUT2D eigenvalue weighted by molar-refractivity contribution is 0.227. The minimum Gasteiger partial charge on any atom is -0.497 e. The van der Waals surface area contributed by atoms with Gasteiger partial charge in [0.1, 0.15) is 5.75 Å². The van der Waals surface area contributed by atoms with Gasteiger partial charge >= 0.3 is 0 Å². The molecule has 1 heterocycles. The molecule has 0 aromatic heterocycles. The molecule has 1 saturated heterocycles. The molecule has 0 saturated carbocycles. The van der Waals surface area contributed by atoms with E-state index in [1.54, 1.807) is 12.8 Å². The highest BCUT2D eigenvalue weighted by Crippen LogP contribution is 2.49. The molecule has 1 atom stereocenters. The Kier molecular flexibility index (Phi) is 3.49. The first kappa shape index (κ1) is 13.5. The first-order chi connectivity index (χ1) is 9.71. The van der Waals surface area contributed by atoms with Crippen LogP contribution < -0.4 is 4.74 Å². The van der Waals surface area contributed by atoms with E-state index >= 15 is 0 Å². The van der Waals surface area contributed by atoms with E-state index < -0.39 is 0 Å². The Morgan fingerprint density at radius 2 is 2.20 bits per heavy atom. The molecule has 1 aliphatic carbocycles. The van der Waals surface area contributed by atoms with E-state index in [0.717, 1.165) is 12.2 Å². The Morgan fingerprint density at radius 3 is 2.95 bits per heavy atom. The lowest BCUT2D eigenvalue weighted by Crippen LogP contribution is -2.44. The van der Waals surface area contributed by atoms with E-state index in [-0.39, 0.29) is 5.41 Å². The zero-order valence-corrected chi connectivity index (χ0v) is 12.9. The zero-order chi connectivity index (χ0) is 14.2. The van der Waals surface area contributed by atoms with Crippen molar-refractivity contribution in [1.82, 2.24) is 4.90 Å². The smallest absolute Gasteiger partial charge is 0.119 e. The number of likely N-dealkylation sites (tertiary alicyclic amines) is 1. The summed E-state index contributed by atoms with van der Waals surface area (Å²) < 4.78 is 5.48. The average Bonchev–Trinajstić information content (AvgIpc) is 2.47. The van der Waals surface area contributed by atoms with Crippen molar-refractivity contribution < 1.29 is 4.74 Å². The highest BCUT2D eigenvalue weighted by atomic mass is 16.5. The minimum absolute atomic E-state index is 0.226. The predicted octanol–water partition coefficient (Wildman–Crippen LogP) is 3.90. The number of piperidine rings is 1. The summed E-state index contributed by atoms with van der Waals surface area (Å²) in [7, 11) is 4.02. The number of likely N-dealkylation sites (N-methyl/N-ethyl adjacent to an activating group) is 1. The number of fused-ring (bicyclic) bond motifs is 3. The monoisotopic (exact) mass is 271 g/mol. The summed E-state index contributed by atoms with van der Waals surface area (Å²) in [5, 5.41) is 0. The fraction of sp³-hybridized carbons (Fsp3) is 0.556. The van der Waals surface area contributed by atoms with Crippen LogP contribution >= 0.6 is 0 Å². The molecule has 2 heteroatoms. The van der Waals surface area contributed by atoms with Crippen LogP contribution in [-0.4, -0.2) is 25.6 Å². The molecule has 108 valence electrons. The molecule has 0 bridgehead atoms. The number of rotatable bonds is 3. The predicted molar refractivity (Wildman–Crippen MR) is 83.2 cm³/mol. The fourth-order valence-electron chi connectivity index (χ4n) is 4.18. The second kappa shape index (κ2) is 5.16. The summed E-state index contributed by atoms with van der Waals surface area (Å²) in [5.74, 6) is 0.994. The third-order valence-corrected chi connectivity index (χ3v) is 5.02. The lowest BCUT2D eigenvalue weighted by atomic mass is 9.64. The van der Waals surface area contributed by atoms with E-state index in [1.807, 2.05) is 0 Å². The van der Waals surface area contributed by atoms with Crippen molar-refractivity contribution in [3.8, 4) is 5.75 Å². The molecule has 0 N–H and O–H groups in total. The van der Waals surface area contributed by atoms with Gasteiger partial charge in [0.25, 0.3) is 0 Å². The van der Waals surface area contributed by atoms with Gasteiger partial charge in [0.15, 0.2) is 0 Å². The number of ether oxygens (including phenoxy) is 1. The van der Waals surface area contributed by atoms with Gasteiger partial charge in [-0.15, -0.1) is 0 Å². The highest BCUT2D eigenvalue weighted by molar-refractivity contribution is 5.50. The normalized spacial score (nSPS) is 24.8. The number of hydrogen-bond acceptors (Lipinski definition) is 2. The zero-order valence-electron chi connectivity index (χ0n) is 12.9. The van der Waals surface area contributed by atoms with Crippen LogP contribution in [0.5, 0.6) is 5.75 Å². The molecular formula is C18H25NO. The first-order valence-electron chi connectivity index (χ1n) is 7.80. The summed E-state index contributed by atoms with van der Waals surface area (Å²) in [6.45, 7) is 3.49. The van der Waals surface area contributed by atoms with Crippen molar-refractivity contribution in [2.45, 2.75) is 44.4 Å². The lowest BCUT2D eigenvalue weighted by Gasteiger charge is -2.48. The van der Waals surface area contributed by atoms with E-state index in [0.29, 0.717) is 0 Å². The summed E-state index contributed by atoms with van der Waals surface area (Å²) in [6.07, 6.45) is 8.54. The molecule has 1 aromatic rings. The first-order valence-corrected chi connectivity index (χ1v) is 7.80. The molecule has 3 rings (SSSR count). The van der Waals surface area contributed by atoms with Crippen LogP contribution in [0.25, 0.3) is 0 Å². The van der Waals surface area contributed by atoms with Crippen molar-refractivity contribution in [2.24, 2.45) is 0 Å². The highest BCUT2D eigenvalue weighted by Gasteiger charge is 2.42. The summed E-state index contributed by atoms with van der Waals surface area (Å²) in [6, 6.07) is 6.65. The van der Waals surface area contributed by atoms with Crippen molar-refractivity contribution in [3.63, 3.8) is 0 Å². The number of allylic oxidation sites excluding steroid dienone is 2. The van der Waals surface area contributed by atoms with Crippen LogP contribution in [0.3, 0.4) is 0 Å². The quantitative estimate of drug-likeness (QED) is 0.826. The Morgan fingerprint density at radius 1 is 1.35 bits per heavy atom. The van der Waals surface area contributed by atoms with Crippen LogP contribution in [0, 0.1) is 0 Å². The van der Waals surface area contributed by atoms with Gasteiger partial charge in [-0.25, -0.2) is 0 Å². The number of methoxy groups -OCH3 is 1. The second-order valence-electron chi connectivity index (χ2n) is 6.17. The van der Waals surface area contributed by atoms with Gasteiger partial charge in [0, 0.05) is 24.7 Å². The van der Waals surface area contributed by atoms with Crippen LogP contribution in [0.1, 0.15) is 43.7 Å². The maximum absolute atomic E-state index is 5.48. The summed E-state index contributed by atoms with van der Waals surface area (Å²) in [4.78, 5) is 2.47. The van der Waals surface area contributed by atoms with Gasteiger partial charge in [0.2, 0.25) is 0 Å². The van der Waals surface area contributed by atoms with Crippen LogP contribution in [0.4, 0.5) is 0 Å². The molecule has 1 fully saturated rings. The number of benzene rings is 1. The average molecular weight is 271 g/mol. The largest absolute Gasteiger partial charge is 0.497 e.